The summed E-state index contributed by atoms with van der Waals surface area (Å²) in [6.07, 6.45) is 2.41. The van der Waals surface area contributed by atoms with Crippen LogP contribution >= 0.6 is 11.6 Å². The van der Waals surface area contributed by atoms with Crippen LogP contribution in [-0.2, 0) is 27.1 Å². The molecule has 8 heteroatoms. The minimum atomic E-state index is -0.383. The summed E-state index contributed by atoms with van der Waals surface area (Å²) in [5.74, 6) is -0.205. The second-order valence-electron chi connectivity index (χ2n) is 7.93. The van der Waals surface area contributed by atoms with Gasteiger partial charge < -0.3 is 19.1 Å². The number of carbonyl (C=O) groups excluding carboxylic acids is 1. The lowest BCUT2D eigenvalue weighted by Gasteiger charge is -2.39. The van der Waals surface area contributed by atoms with Gasteiger partial charge in [-0.1, -0.05) is 25.5 Å². The minimum absolute atomic E-state index is 0.00228. The third-order valence-corrected chi connectivity index (χ3v) is 5.86. The van der Waals surface area contributed by atoms with Crippen LogP contribution in [0.5, 0.6) is 5.88 Å². The number of pyridine rings is 1. The monoisotopic (exact) mass is 464 g/mol. The van der Waals surface area contributed by atoms with Gasteiger partial charge in [-0.05, 0) is 42.2 Å². The Kier molecular flexibility index (Phi) is 8.70. The molecule has 0 bridgehead atoms. The van der Waals surface area contributed by atoms with Crippen LogP contribution in [0.25, 0.3) is 0 Å². The standard InChI is InChI=1S/C24H30ClFN2O4/c1-4-5-18(25)13-28-20(14-30-2)15-32-24-22(28)11-17(21(27-24)12-23(29)31-3)10-16-6-8-19(26)9-7-16/h6-9,11,18,20H,4-5,10,12-15H2,1-3H3. The molecule has 0 spiro atoms. The largest absolute Gasteiger partial charge is 0.474 e. The Morgan fingerprint density at radius 1 is 1.34 bits per heavy atom. The highest BCUT2D eigenvalue weighted by Gasteiger charge is 2.31. The molecule has 1 aliphatic rings. The van der Waals surface area contributed by atoms with E-state index in [1.807, 2.05) is 6.07 Å². The van der Waals surface area contributed by atoms with Crippen molar-refractivity contribution in [2.75, 3.05) is 38.9 Å². The number of halogens is 2. The predicted molar refractivity (Wildman–Crippen MR) is 122 cm³/mol. The van der Waals surface area contributed by atoms with Crippen molar-refractivity contribution in [2.45, 2.75) is 44.0 Å². The van der Waals surface area contributed by atoms with Gasteiger partial charge in [-0.2, -0.15) is 0 Å². The molecule has 32 heavy (non-hydrogen) atoms. The number of hydrogen-bond donors (Lipinski definition) is 0. The first-order valence-corrected chi connectivity index (χ1v) is 11.2. The number of rotatable bonds is 10. The van der Waals surface area contributed by atoms with Crippen LogP contribution in [0.4, 0.5) is 10.1 Å². The van der Waals surface area contributed by atoms with Crippen molar-refractivity contribution in [1.29, 1.82) is 0 Å². The fourth-order valence-corrected chi connectivity index (χ4v) is 4.24. The van der Waals surface area contributed by atoms with Crippen molar-refractivity contribution in [2.24, 2.45) is 0 Å². The molecule has 174 valence electrons. The molecular weight excluding hydrogens is 435 g/mol. The van der Waals surface area contributed by atoms with E-state index < -0.39 is 0 Å². The average Bonchev–Trinajstić information content (AvgIpc) is 2.77. The van der Waals surface area contributed by atoms with Gasteiger partial charge in [0.15, 0.2) is 0 Å². The van der Waals surface area contributed by atoms with Gasteiger partial charge in [0.05, 0.1) is 37.3 Å². The Balaban J connectivity index is 2.01. The van der Waals surface area contributed by atoms with E-state index in [1.165, 1.54) is 19.2 Å². The Morgan fingerprint density at radius 3 is 2.75 bits per heavy atom. The molecule has 0 N–H and O–H groups in total. The van der Waals surface area contributed by atoms with E-state index in [9.17, 15) is 9.18 Å². The molecule has 0 saturated carbocycles. The molecule has 2 aromatic rings. The van der Waals surface area contributed by atoms with E-state index in [-0.39, 0.29) is 29.6 Å². The van der Waals surface area contributed by atoms with Crippen molar-refractivity contribution in [3.05, 3.63) is 53.0 Å². The highest BCUT2D eigenvalue weighted by molar-refractivity contribution is 6.20. The normalized spacial score (nSPS) is 16.3. The Hall–Kier alpha value is -2.38. The Labute approximate surface area is 193 Å². The maximum Gasteiger partial charge on any atom is 0.311 e. The fraction of sp³-hybridized carbons (Fsp3) is 0.500. The zero-order valence-corrected chi connectivity index (χ0v) is 19.5. The maximum atomic E-state index is 13.4. The third-order valence-electron chi connectivity index (χ3n) is 5.50. The first-order chi connectivity index (χ1) is 15.4. The van der Waals surface area contributed by atoms with Gasteiger partial charge >= 0.3 is 5.97 Å². The number of ether oxygens (including phenoxy) is 3. The average molecular weight is 465 g/mol. The molecule has 0 amide bonds. The lowest BCUT2D eigenvalue weighted by Crippen LogP contribution is -2.48. The Morgan fingerprint density at radius 2 is 2.09 bits per heavy atom. The van der Waals surface area contributed by atoms with Crippen LogP contribution in [-0.4, -0.2) is 56.4 Å². The summed E-state index contributed by atoms with van der Waals surface area (Å²) in [4.78, 5) is 18.9. The summed E-state index contributed by atoms with van der Waals surface area (Å²) in [5.41, 5.74) is 3.18. The maximum absolute atomic E-state index is 13.4. The van der Waals surface area contributed by atoms with Crippen molar-refractivity contribution in [3.63, 3.8) is 0 Å². The van der Waals surface area contributed by atoms with E-state index >= 15 is 0 Å². The smallest absolute Gasteiger partial charge is 0.311 e. The number of methoxy groups -OCH3 is 2. The van der Waals surface area contributed by atoms with Crippen LogP contribution < -0.4 is 9.64 Å². The quantitative estimate of drug-likeness (QED) is 0.389. The number of esters is 1. The number of nitrogens with zero attached hydrogens (tertiary/aromatic N) is 2. The first kappa shape index (κ1) is 24.3. The van der Waals surface area contributed by atoms with E-state index in [0.29, 0.717) is 37.8 Å². The molecular formula is C24H30ClFN2O4. The van der Waals surface area contributed by atoms with Crippen LogP contribution in [0.2, 0.25) is 0 Å². The molecule has 2 atom stereocenters. The van der Waals surface area contributed by atoms with Gasteiger partial charge in [-0.25, -0.2) is 9.37 Å². The van der Waals surface area contributed by atoms with Crippen LogP contribution in [0, 0.1) is 5.82 Å². The number of benzene rings is 1. The summed E-state index contributed by atoms with van der Waals surface area (Å²) >= 11 is 6.61. The number of hydrogen-bond acceptors (Lipinski definition) is 6. The lowest BCUT2D eigenvalue weighted by molar-refractivity contribution is -0.139. The minimum Gasteiger partial charge on any atom is -0.474 e. The fourth-order valence-electron chi connectivity index (χ4n) is 3.87. The number of aromatic nitrogens is 1. The highest BCUT2D eigenvalue weighted by Crippen LogP contribution is 2.36. The number of fused-ring (bicyclic) bond motifs is 1. The highest BCUT2D eigenvalue weighted by atomic mass is 35.5. The van der Waals surface area contributed by atoms with E-state index in [4.69, 9.17) is 30.8 Å². The van der Waals surface area contributed by atoms with Gasteiger partial charge in [0.2, 0.25) is 5.88 Å². The van der Waals surface area contributed by atoms with Gasteiger partial charge in [0.1, 0.15) is 18.1 Å². The van der Waals surface area contributed by atoms with E-state index in [1.54, 1.807) is 19.2 Å². The Bertz CT molecular complexity index is 910. The summed E-state index contributed by atoms with van der Waals surface area (Å²) < 4.78 is 29.6. The van der Waals surface area contributed by atoms with Crippen molar-refractivity contribution in [3.8, 4) is 5.88 Å². The third kappa shape index (κ3) is 6.11. The molecule has 0 fully saturated rings. The predicted octanol–water partition coefficient (Wildman–Crippen LogP) is 4.15. The number of anilines is 1. The van der Waals surface area contributed by atoms with Gasteiger partial charge in [0.25, 0.3) is 0 Å². The van der Waals surface area contributed by atoms with Crippen LogP contribution in [0.1, 0.15) is 36.6 Å². The molecule has 6 nitrogen and oxygen atoms in total. The first-order valence-electron chi connectivity index (χ1n) is 10.8. The summed E-state index contributed by atoms with van der Waals surface area (Å²) in [6.45, 7) is 3.65. The lowest BCUT2D eigenvalue weighted by atomic mass is 10.00. The second kappa shape index (κ2) is 11.5. The molecule has 1 aromatic heterocycles. The SMILES string of the molecule is CCCC(Cl)CN1c2cc(Cc3ccc(F)cc3)c(CC(=O)OC)nc2OCC1COC. The van der Waals surface area contributed by atoms with E-state index in [0.717, 1.165) is 29.7 Å². The van der Waals surface area contributed by atoms with Gasteiger partial charge in [-0.3, -0.25) is 4.79 Å². The second-order valence-corrected chi connectivity index (χ2v) is 8.55. The number of alkyl halides is 1. The zero-order valence-electron chi connectivity index (χ0n) is 18.8. The summed E-state index contributed by atoms with van der Waals surface area (Å²) in [6, 6.07) is 8.31. The molecule has 3 rings (SSSR count). The molecule has 0 radical (unpaired) electrons. The molecule has 0 aliphatic carbocycles. The topological polar surface area (TPSA) is 60.9 Å². The molecule has 2 heterocycles. The zero-order chi connectivity index (χ0) is 23.1. The molecule has 1 aromatic carbocycles. The van der Waals surface area contributed by atoms with Crippen molar-refractivity contribution < 1.29 is 23.4 Å². The molecule has 2 unspecified atom stereocenters. The van der Waals surface area contributed by atoms with E-state index in [2.05, 4.69) is 11.8 Å². The van der Waals surface area contributed by atoms with Crippen LogP contribution in [0.3, 0.4) is 0 Å². The van der Waals surface area contributed by atoms with Gasteiger partial charge in [-0.15, -0.1) is 11.6 Å². The van der Waals surface area contributed by atoms with Gasteiger partial charge in [0, 0.05) is 13.7 Å². The molecule has 1 aliphatic heterocycles. The number of carbonyl (C=O) groups is 1. The van der Waals surface area contributed by atoms with Crippen molar-refractivity contribution in [1.82, 2.24) is 4.98 Å². The molecule has 0 saturated heterocycles. The van der Waals surface area contributed by atoms with Crippen molar-refractivity contribution >= 4 is 23.3 Å². The summed E-state index contributed by atoms with van der Waals surface area (Å²) in [5, 5.41) is -0.0272. The van der Waals surface area contributed by atoms with Crippen LogP contribution in [0.15, 0.2) is 30.3 Å². The summed E-state index contributed by atoms with van der Waals surface area (Å²) in [7, 11) is 3.01.